The van der Waals surface area contributed by atoms with Crippen LogP contribution in [0.3, 0.4) is 0 Å². The minimum atomic E-state index is -0.296. The summed E-state index contributed by atoms with van der Waals surface area (Å²) in [6, 6.07) is 13.5. The molecule has 0 aromatic heterocycles. The van der Waals surface area contributed by atoms with Crippen molar-refractivity contribution in [3.63, 3.8) is 0 Å². The average Bonchev–Trinajstić information content (AvgIpc) is 2.56. The predicted molar refractivity (Wildman–Crippen MR) is 92.2 cm³/mol. The molecule has 2 aromatic carbocycles. The SMILES string of the molecule is Cc1ccc(NC(=O)CN(C)C(=O)CCc2ccc(F)cc2)cc1. The number of halogens is 1. The first kappa shape index (κ1) is 17.7. The molecule has 0 spiro atoms. The molecule has 2 rings (SSSR count). The first-order valence-corrected chi connectivity index (χ1v) is 7.79. The third kappa shape index (κ3) is 5.50. The van der Waals surface area contributed by atoms with E-state index >= 15 is 0 Å². The molecule has 2 amide bonds. The van der Waals surface area contributed by atoms with Gasteiger partial charge in [0.15, 0.2) is 0 Å². The number of nitrogens with one attached hydrogen (secondary N) is 1. The Kier molecular flexibility index (Phi) is 6.07. The van der Waals surface area contributed by atoms with Gasteiger partial charge in [-0.15, -0.1) is 0 Å². The summed E-state index contributed by atoms with van der Waals surface area (Å²) in [4.78, 5) is 25.5. The summed E-state index contributed by atoms with van der Waals surface area (Å²) in [6.07, 6.45) is 0.795. The zero-order valence-corrected chi connectivity index (χ0v) is 13.9. The number of benzene rings is 2. The Hall–Kier alpha value is -2.69. The highest BCUT2D eigenvalue weighted by Gasteiger charge is 2.13. The van der Waals surface area contributed by atoms with Crippen LogP contribution in [0.25, 0.3) is 0 Å². The summed E-state index contributed by atoms with van der Waals surface area (Å²) in [5.41, 5.74) is 2.71. The van der Waals surface area contributed by atoms with Crippen molar-refractivity contribution in [2.45, 2.75) is 19.8 Å². The standard InChI is InChI=1S/C19H21FN2O2/c1-14-3-10-17(11-4-14)21-18(23)13-22(2)19(24)12-7-15-5-8-16(20)9-6-15/h3-6,8-11H,7,12-13H2,1-2H3,(H,21,23). The number of hydrogen-bond donors (Lipinski definition) is 1. The van der Waals surface area contributed by atoms with Crippen molar-refractivity contribution < 1.29 is 14.0 Å². The van der Waals surface area contributed by atoms with Crippen molar-refractivity contribution >= 4 is 17.5 Å². The van der Waals surface area contributed by atoms with E-state index in [1.54, 1.807) is 19.2 Å². The Labute approximate surface area is 141 Å². The second-order valence-electron chi connectivity index (χ2n) is 5.79. The molecule has 5 heteroatoms. The summed E-state index contributed by atoms with van der Waals surface area (Å²) in [5.74, 6) is -0.662. The van der Waals surface area contributed by atoms with Crippen LogP contribution in [-0.2, 0) is 16.0 Å². The maximum Gasteiger partial charge on any atom is 0.243 e. The monoisotopic (exact) mass is 328 g/mol. The van der Waals surface area contributed by atoms with Crippen LogP contribution in [-0.4, -0.2) is 30.3 Å². The maximum atomic E-state index is 12.8. The Balaban J connectivity index is 1.78. The van der Waals surface area contributed by atoms with E-state index in [4.69, 9.17) is 0 Å². The predicted octanol–water partition coefficient (Wildman–Crippen LogP) is 3.16. The van der Waals surface area contributed by atoms with Crippen molar-refractivity contribution in [3.05, 3.63) is 65.5 Å². The molecule has 0 saturated heterocycles. The van der Waals surface area contributed by atoms with E-state index in [9.17, 15) is 14.0 Å². The van der Waals surface area contributed by atoms with Gasteiger partial charge < -0.3 is 10.2 Å². The lowest BCUT2D eigenvalue weighted by Gasteiger charge is -2.17. The molecule has 0 saturated carbocycles. The molecule has 1 N–H and O–H groups in total. The largest absolute Gasteiger partial charge is 0.336 e. The minimum Gasteiger partial charge on any atom is -0.336 e. The highest BCUT2D eigenvalue weighted by molar-refractivity contribution is 5.94. The van der Waals surface area contributed by atoms with Crippen LogP contribution in [0.15, 0.2) is 48.5 Å². The van der Waals surface area contributed by atoms with Gasteiger partial charge in [-0.1, -0.05) is 29.8 Å². The van der Waals surface area contributed by atoms with Gasteiger partial charge in [-0.25, -0.2) is 4.39 Å². The second kappa shape index (κ2) is 8.24. The highest BCUT2D eigenvalue weighted by Crippen LogP contribution is 2.09. The van der Waals surface area contributed by atoms with Crippen molar-refractivity contribution in [1.29, 1.82) is 0 Å². The lowest BCUT2D eigenvalue weighted by molar-refractivity contribution is -0.133. The number of nitrogens with zero attached hydrogens (tertiary/aromatic N) is 1. The summed E-state index contributed by atoms with van der Waals surface area (Å²) in [5, 5.41) is 2.76. The topological polar surface area (TPSA) is 49.4 Å². The Morgan fingerprint density at radius 3 is 2.29 bits per heavy atom. The van der Waals surface area contributed by atoms with Gasteiger partial charge in [0, 0.05) is 19.2 Å². The van der Waals surface area contributed by atoms with Gasteiger partial charge in [0.2, 0.25) is 11.8 Å². The first-order chi connectivity index (χ1) is 11.4. The highest BCUT2D eigenvalue weighted by atomic mass is 19.1. The summed E-state index contributed by atoms with van der Waals surface area (Å²) < 4.78 is 12.8. The van der Waals surface area contributed by atoms with Crippen LogP contribution in [0.1, 0.15) is 17.5 Å². The van der Waals surface area contributed by atoms with Gasteiger partial charge in [-0.3, -0.25) is 9.59 Å². The summed E-state index contributed by atoms with van der Waals surface area (Å²) in [6.45, 7) is 1.97. The first-order valence-electron chi connectivity index (χ1n) is 7.79. The third-order valence-corrected chi connectivity index (χ3v) is 3.68. The molecule has 0 heterocycles. The van der Waals surface area contributed by atoms with Gasteiger partial charge in [-0.2, -0.15) is 0 Å². The van der Waals surface area contributed by atoms with Crippen molar-refractivity contribution in [2.75, 3.05) is 18.9 Å². The Bertz CT molecular complexity index is 696. The lowest BCUT2D eigenvalue weighted by Crippen LogP contribution is -2.35. The van der Waals surface area contributed by atoms with Crippen LogP contribution in [0, 0.1) is 12.7 Å². The van der Waals surface area contributed by atoms with Crippen LogP contribution < -0.4 is 5.32 Å². The fourth-order valence-corrected chi connectivity index (χ4v) is 2.23. The lowest BCUT2D eigenvalue weighted by atomic mass is 10.1. The number of aryl methyl sites for hydroxylation is 2. The minimum absolute atomic E-state index is 0.00384. The van der Waals surface area contributed by atoms with Gasteiger partial charge in [-0.05, 0) is 43.2 Å². The van der Waals surface area contributed by atoms with Crippen LogP contribution in [0.4, 0.5) is 10.1 Å². The van der Waals surface area contributed by atoms with Gasteiger partial charge in [0.25, 0.3) is 0 Å². The zero-order chi connectivity index (χ0) is 17.5. The normalized spacial score (nSPS) is 10.3. The fraction of sp³-hybridized carbons (Fsp3) is 0.263. The molecule has 4 nitrogen and oxygen atoms in total. The quantitative estimate of drug-likeness (QED) is 0.885. The Morgan fingerprint density at radius 2 is 1.67 bits per heavy atom. The molecule has 0 fully saturated rings. The van der Waals surface area contributed by atoms with Gasteiger partial charge in [0.05, 0.1) is 6.54 Å². The molecule has 0 bridgehead atoms. The average molecular weight is 328 g/mol. The second-order valence-corrected chi connectivity index (χ2v) is 5.79. The molecular weight excluding hydrogens is 307 g/mol. The molecule has 0 aliphatic carbocycles. The molecule has 0 unspecified atom stereocenters. The number of carbonyl (C=O) groups is 2. The van der Waals surface area contributed by atoms with E-state index < -0.39 is 0 Å². The number of likely N-dealkylation sites (N-methyl/N-ethyl adjacent to an activating group) is 1. The Morgan fingerprint density at radius 1 is 1.04 bits per heavy atom. The molecule has 0 aliphatic rings. The smallest absolute Gasteiger partial charge is 0.243 e. The maximum absolute atomic E-state index is 12.8. The van der Waals surface area contributed by atoms with Gasteiger partial charge in [0.1, 0.15) is 5.82 Å². The van der Waals surface area contributed by atoms with E-state index in [1.165, 1.54) is 17.0 Å². The summed E-state index contributed by atoms with van der Waals surface area (Å²) in [7, 11) is 1.60. The van der Waals surface area contributed by atoms with E-state index in [0.29, 0.717) is 12.1 Å². The van der Waals surface area contributed by atoms with E-state index in [0.717, 1.165) is 11.1 Å². The number of rotatable bonds is 6. The van der Waals surface area contributed by atoms with Crippen LogP contribution in [0.2, 0.25) is 0 Å². The van der Waals surface area contributed by atoms with Crippen LogP contribution in [0.5, 0.6) is 0 Å². The molecule has 126 valence electrons. The molecule has 0 radical (unpaired) electrons. The van der Waals surface area contributed by atoms with Crippen LogP contribution >= 0.6 is 0 Å². The number of amides is 2. The van der Waals surface area contributed by atoms with Crippen molar-refractivity contribution in [2.24, 2.45) is 0 Å². The van der Waals surface area contributed by atoms with E-state index in [2.05, 4.69) is 5.32 Å². The van der Waals surface area contributed by atoms with Crippen molar-refractivity contribution in [1.82, 2.24) is 4.90 Å². The number of hydrogen-bond acceptors (Lipinski definition) is 2. The van der Waals surface area contributed by atoms with Gasteiger partial charge >= 0.3 is 0 Å². The number of carbonyl (C=O) groups excluding carboxylic acids is 2. The molecule has 0 aliphatic heterocycles. The van der Waals surface area contributed by atoms with E-state index in [1.807, 2.05) is 31.2 Å². The molecular formula is C19H21FN2O2. The summed E-state index contributed by atoms with van der Waals surface area (Å²) >= 11 is 0. The fourth-order valence-electron chi connectivity index (χ4n) is 2.23. The number of anilines is 1. The molecule has 0 atom stereocenters. The molecule has 24 heavy (non-hydrogen) atoms. The zero-order valence-electron chi connectivity index (χ0n) is 13.9. The third-order valence-electron chi connectivity index (χ3n) is 3.68. The van der Waals surface area contributed by atoms with E-state index in [-0.39, 0.29) is 30.6 Å². The van der Waals surface area contributed by atoms with Crippen molar-refractivity contribution in [3.8, 4) is 0 Å². The molecule has 2 aromatic rings.